The van der Waals surface area contributed by atoms with Gasteiger partial charge < -0.3 is 20.5 Å². The van der Waals surface area contributed by atoms with Crippen LogP contribution in [0.4, 0.5) is 23.7 Å². The number of carbonyl (C=O) groups is 1. The Morgan fingerprint density at radius 3 is 2.55 bits per heavy atom. The van der Waals surface area contributed by atoms with Crippen LogP contribution in [-0.4, -0.2) is 30.4 Å². The minimum atomic E-state index is -4.47. The Morgan fingerprint density at radius 2 is 1.76 bits per heavy atom. The van der Waals surface area contributed by atoms with E-state index in [1.54, 1.807) is 6.07 Å². The summed E-state index contributed by atoms with van der Waals surface area (Å²) in [6.45, 7) is -0.397. The minimum Gasteiger partial charge on any atom is -0.491 e. The van der Waals surface area contributed by atoms with Crippen LogP contribution in [0.25, 0.3) is 10.8 Å². The normalized spacial score (nSPS) is 12.4. The highest BCUT2D eigenvalue weighted by atomic mass is 19.4. The van der Waals surface area contributed by atoms with Crippen LogP contribution in [0.2, 0.25) is 0 Å². The van der Waals surface area contributed by atoms with Gasteiger partial charge in [0.05, 0.1) is 11.3 Å². The number of halogens is 3. The first kappa shape index (κ1) is 20.5. The molecule has 0 aliphatic rings. The minimum absolute atomic E-state index is 0.0147. The number of urea groups is 1. The van der Waals surface area contributed by atoms with Gasteiger partial charge in [-0.05, 0) is 29.7 Å². The van der Waals surface area contributed by atoms with Gasteiger partial charge in [0.15, 0.2) is 0 Å². The Balaban J connectivity index is 1.49. The van der Waals surface area contributed by atoms with Gasteiger partial charge in [-0.3, -0.25) is 0 Å². The number of benzene rings is 3. The summed E-state index contributed by atoms with van der Waals surface area (Å²) < 4.78 is 43.3. The second kappa shape index (κ2) is 8.83. The first-order valence-corrected chi connectivity index (χ1v) is 8.83. The van der Waals surface area contributed by atoms with Crippen molar-refractivity contribution in [2.75, 3.05) is 18.5 Å². The fourth-order valence-electron chi connectivity index (χ4n) is 2.72. The van der Waals surface area contributed by atoms with Crippen molar-refractivity contribution in [1.82, 2.24) is 5.32 Å². The Kier molecular flexibility index (Phi) is 6.23. The summed E-state index contributed by atoms with van der Waals surface area (Å²) in [5.74, 6) is -0.0147. The molecule has 0 aromatic heterocycles. The molecule has 0 radical (unpaired) electrons. The molecule has 29 heavy (non-hydrogen) atoms. The number of hydrogen-bond acceptors (Lipinski definition) is 3. The SMILES string of the molecule is O=C(NCC(O)COc1cccc(C(F)(F)F)c1)Nc1cccc2ccccc12. The second-order valence-corrected chi connectivity index (χ2v) is 6.35. The molecular formula is C21H19F3N2O3. The van der Waals surface area contributed by atoms with Crippen LogP contribution in [0.1, 0.15) is 5.56 Å². The average molecular weight is 404 g/mol. The van der Waals surface area contributed by atoms with Crippen molar-refractivity contribution in [1.29, 1.82) is 0 Å². The molecule has 0 spiro atoms. The molecule has 3 aromatic rings. The Hall–Kier alpha value is -3.26. The number of anilines is 1. The molecule has 1 unspecified atom stereocenters. The Morgan fingerprint density at radius 1 is 1.03 bits per heavy atom. The van der Waals surface area contributed by atoms with Crippen molar-refractivity contribution in [2.24, 2.45) is 0 Å². The van der Waals surface area contributed by atoms with Crippen LogP contribution < -0.4 is 15.4 Å². The molecule has 152 valence electrons. The summed E-state index contributed by atoms with van der Waals surface area (Å²) in [4.78, 5) is 12.1. The molecule has 3 aromatic carbocycles. The predicted octanol–water partition coefficient (Wildman–Crippen LogP) is 4.42. The summed E-state index contributed by atoms with van der Waals surface area (Å²) >= 11 is 0. The lowest BCUT2D eigenvalue weighted by Gasteiger charge is -2.15. The predicted molar refractivity (Wildman–Crippen MR) is 104 cm³/mol. The molecule has 0 saturated heterocycles. The maximum absolute atomic E-state index is 12.7. The van der Waals surface area contributed by atoms with E-state index in [1.165, 1.54) is 12.1 Å². The molecule has 0 saturated carbocycles. The summed E-state index contributed by atoms with van der Waals surface area (Å²) in [7, 11) is 0. The number of fused-ring (bicyclic) bond motifs is 1. The zero-order valence-electron chi connectivity index (χ0n) is 15.2. The highest BCUT2D eigenvalue weighted by molar-refractivity contribution is 6.01. The fraction of sp³-hybridized carbons (Fsp3) is 0.190. The van der Waals surface area contributed by atoms with E-state index in [1.807, 2.05) is 36.4 Å². The number of alkyl halides is 3. The van der Waals surface area contributed by atoms with Crippen molar-refractivity contribution in [3.63, 3.8) is 0 Å². The zero-order chi connectivity index (χ0) is 20.9. The van der Waals surface area contributed by atoms with Crippen LogP contribution >= 0.6 is 0 Å². The van der Waals surface area contributed by atoms with Crippen molar-refractivity contribution >= 4 is 22.5 Å². The van der Waals surface area contributed by atoms with E-state index in [4.69, 9.17) is 4.74 Å². The standard InChI is InChI=1S/C21H19F3N2O3/c22-21(23,24)15-7-4-8-17(11-15)29-13-16(27)12-25-20(28)26-19-10-3-6-14-5-1-2-9-18(14)19/h1-11,16,27H,12-13H2,(H2,25,26,28). The topological polar surface area (TPSA) is 70.6 Å². The van der Waals surface area contributed by atoms with Crippen LogP contribution in [0, 0.1) is 0 Å². The number of aliphatic hydroxyl groups is 1. The third kappa shape index (κ3) is 5.61. The van der Waals surface area contributed by atoms with E-state index in [-0.39, 0.29) is 18.9 Å². The number of nitrogens with one attached hydrogen (secondary N) is 2. The van der Waals surface area contributed by atoms with Crippen molar-refractivity contribution in [2.45, 2.75) is 12.3 Å². The van der Waals surface area contributed by atoms with E-state index in [2.05, 4.69) is 10.6 Å². The van der Waals surface area contributed by atoms with Crippen LogP contribution in [0.5, 0.6) is 5.75 Å². The van der Waals surface area contributed by atoms with Gasteiger partial charge in [0.25, 0.3) is 0 Å². The molecule has 3 rings (SSSR count). The molecule has 0 aliphatic carbocycles. The summed E-state index contributed by atoms with van der Waals surface area (Å²) in [6, 6.07) is 16.9. The summed E-state index contributed by atoms with van der Waals surface area (Å²) in [5.41, 5.74) is -0.215. The lowest BCUT2D eigenvalue weighted by atomic mass is 10.1. The number of ether oxygens (including phenoxy) is 1. The Labute approximate surface area is 165 Å². The summed E-state index contributed by atoms with van der Waals surface area (Å²) in [6.07, 6.45) is -5.57. The summed E-state index contributed by atoms with van der Waals surface area (Å²) in [5, 5.41) is 17.0. The quantitative estimate of drug-likeness (QED) is 0.570. The molecule has 1 atom stereocenters. The largest absolute Gasteiger partial charge is 0.491 e. The van der Waals surface area contributed by atoms with Gasteiger partial charge in [0.1, 0.15) is 18.5 Å². The van der Waals surface area contributed by atoms with Crippen LogP contribution in [0.3, 0.4) is 0 Å². The first-order chi connectivity index (χ1) is 13.8. The average Bonchev–Trinajstić information content (AvgIpc) is 2.70. The van der Waals surface area contributed by atoms with Gasteiger partial charge in [-0.1, -0.05) is 42.5 Å². The van der Waals surface area contributed by atoms with Gasteiger partial charge in [-0.25, -0.2) is 4.79 Å². The number of aliphatic hydroxyl groups excluding tert-OH is 1. The molecule has 2 amide bonds. The molecule has 0 fully saturated rings. The van der Waals surface area contributed by atoms with Crippen molar-refractivity contribution < 1.29 is 27.8 Å². The lowest BCUT2D eigenvalue weighted by Crippen LogP contribution is -2.37. The molecule has 0 heterocycles. The number of hydrogen-bond donors (Lipinski definition) is 3. The molecule has 0 aliphatic heterocycles. The first-order valence-electron chi connectivity index (χ1n) is 8.83. The van der Waals surface area contributed by atoms with Gasteiger partial charge in [-0.2, -0.15) is 13.2 Å². The molecule has 3 N–H and O–H groups in total. The highest BCUT2D eigenvalue weighted by Gasteiger charge is 2.30. The Bertz CT molecular complexity index is 987. The number of amides is 2. The van der Waals surface area contributed by atoms with E-state index >= 15 is 0 Å². The number of rotatable bonds is 6. The van der Waals surface area contributed by atoms with E-state index in [0.29, 0.717) is 5.69 Å². The van der Waals surface area contributed by atoms with Gasteiger partial charge in [0.2, 0.25) is 0 Å². The van der Waals surface area contributed by atoms with E-state index in [9.17, 15) is 23.1 Å². The molecular weight excluding hydrogens is 385 g/mol. The third-order valence-electron chi connectivity index (χ3n) is 4.14. The number of carbonyl (C=O) groups excluding carboxylic acids is 1. The second-order valence-electron chi connectivity index (χ2n) is 6.35. The van der Waals surface area contributed by atoms with Crippen molar-refractivity contribution in [3.8, 4) is 5.75 Å². The maximum Gasteiger partial charge on any atom is 0.416 e. The maximum atomic E-state index is 12.7. The van der Waals surface area contributed by atoms with Gasteiger partial charge >= 0.3 is 12.2 Å². The van der Waals surface area contributed by atoms with Crippen molar-refractivity contribution in [3.05, 3.63) is 72.3 Å². The molecule has 5 nitrogen and oxygen atoms in total. The smallest absolute Gasteiger partial charge is 0.416 e. The third-order valence-corrected chi connectivity index (χ3v) is 4.14. The monoisotopic (exact) mass is 404 g/mol. The van der Waals surface area contributed by atoms with E-state index < -0.39 is 23.9 Å². The lowest BCUT2D eigenvalue weighted by molar-refractivity contribution is -0.137. The molecule has 0 bridgehead atoms. The van der Waals surface area contributed by atoms with Gasteiger partial charge in [0, 0.05) is 11.9 Å². The highest BCUT2D eigenvalue weighted by Crippen LogP contribution is 2.31. The van der Waals surface area contributed by atoms with E-state index in [0.717, 1.165) is 22.9 Å². The fourth-order valence-corrected chi connectivity index (χ4v) is 2.72. The van der Waals surface area contributed by atoms with Crippen LogP contribution in [-0.2, 0) is 6.18 Å². The van der Waals surface area contributed by atoms with Crippen LogP contribution in [0.15, 0.2) is 66.7 Å². The van der Waals surface area contributed by atoms with Gasteiger partial charge in [-0.15, -0.1) is 0 Å². The zero-order valence-corrected chi connectivity index (χ0v) is 15.2. The molecule has 8 heteroatoms.